The summed E-state index contributed by atoms with van der Waals surface area (Å²) in [6.45, 7) is 14.3. The third kappa shape index (κ3) is 9.46. The molecule has 2 aromatic carbocycles. The summed E-state index contributed by atoms with van der Waals surface area (Å²) >= 11 is 2.73. The number of pyridine rings is 1. The smallest absolute Gasteiger partial charge is 0.349 e. The fourth-order valence-electron chi connectivity index (χ4n) is 7.99. The summed E-state index contributed by atoms with van der Waals surface area (Å²) < 4.78 is 15.3. The standard InChI is InChI=1S/C46H58N4O6S2Si/c1-45(2,3)59(5,6)56-39(35-17-20-38(51)43-36(35)18-21-42(52)48-43)30-47-29-31-12-19-37-32(28-31)22-25-50(37)24-9-23-49(4)33-13-15-34(16-14-33)55-44(53)46(54,40-10-7-26-57-40)41-11-8-27-58-41/h7-8,10-12,17-22,25-28,33-34,39,47,51,54H,9,13-16,23-24,29-30H2,1-6H3,(H,48,52)/t33-,34-,39-/m0/s1. The SMILES string of the molecule is CN(CCCn1ccc2cc(CNC[C@H](O[Si](C)(C)C(C)(C)C)c3ccc(O)c4[nH]c(=O)ccc34)ccc21)[C@H]1CC[C@H](OC(=O)C(O)(c2cccs2)c2cccs2)CC1. The molecule has 0 saturated heterocycles. The number of carbonyl (C=O) groups excluding carboxylic acids is 1. The maximum atomic E-state index is 13.5. The van der Waals surface area contributed by atoms with Gasteiger partial charge in [-0.05, 0) is 134 Å². The largest absolute Gasteiger partial charge is 0.506 e. The normalized spacial score (nSPS) is 17.2. The van der Waals surface area contributed by atoms with Crippen molar-refractivity contribution in [1.29, 1.82) is 0 Å². The van der Waals surface area contributed by atoms with Gasteiger partial charge in [0.2, 0.25) is 11.2 Å². The van der Waals surface area contributed by atoms with Gasteiger partial charge in [0.05, 0.1) is 21.4 Å². The van der Waals surface area contributed by atoms with E-state index in [9.17, 15) is 19.8 Å². The van der Waals surface area contributed by atoms with Crippen molar-refractivity contribution in [3.63, 3.8) is 0 Å². The highest BCUT2D eigenvalue weighted by Crippen LogP contribution is 2.42. The Bertz CT molecular complexity index is 2360. The van der Waals surface area contributed by atoms with E-state index in [1.807, 2.05) is 29.0 Å². The summed E-state index contributed by atoms with van der Waals surface area (Å²) in [5.74, 6) is -0.537. The van der Waals surface area contributed by atoms with Crippen LogP contribution in [0.15, 0.2) is 94.5 Å². The summed E-state index contributed by atoms with van der Waals surface area (Å²) in [7, 11) is 0.00995. The number of rotatable bonds is 16. The van der Waals surface area contributed by atoms with Gasteiger partial charge in [0.25, 0.3) is 0 Å². The number of esters is 1. The van der Waals surface area contributed by atoms with Gasteiger partial charge in [-0.1, -0.05) is 45.0 Å². The molecule has 6 aromatic rings. The number of fused-ring (bicyclic) bond motifs is 2. The summed E-state index contributed by atoms with van der Waals surface area (Å²) in [5.41, 5.74) is 1.74. The number of aryl methyl sites for hydroxylation is 1. The molecule has 1 saturated carbocycles. The van der Waals surface area contributed by atoms with Crippen LogP contribution in [0.4, 0.5) is 0 Å². The Hall–Kier alpha value is -4.08. The molecule has 1 aliphatic rings. The van der Waals surface area contributed by atoms with Gasteiger partial charge in [-0.25, -0.2) is 4.79 Å². The highest BCUT2D eigenvalue weighted by molar-refractivity contribution is 7.12. The summed E-state index contributed by atoms with van der Waals surface area (Å²) in [5, 5.41) is 31.6. The van der Waals surface area contributed by atoms with Crippen LogP contribution < -0.4 is 10.9 Å². The van der Waals surface area contributed by atoms with E-state index < -0.39 is 19.9 Å². The van der Waals surface area contributed by atoms with Gasteiger partial charge in [-0.2, -0.15) is 0 Å². The lowest BCUT2D eigenvalue weighted by Crippen LogP contribution is -2.43. The Morgan fingerprint density at radius 2 is 1.71 bits per heavy atom. The van der Waals surface area contributed by atoms with Crippen LogP contribution in [0.5, 0.6) is 5.75 Å². The van der Waals surface area contributed by atoms with Crippen LogP contribution in [0.2, 0.25) is 18.1 Å². The maximum absolute atomic E-state index is 13.5. The second kappa shape index (κ2) is 17.9. The Kier molecular flexibility index (Phi) is 13.0. The molecule has 4 N–H and O–H groups in total. The maximum Gasteiger partial charge on any atom is 0.349 e. The molecule has 10 nitrogen and oxygen atoms in total. The first-order chi connectivity index (χ1) is 28.1. The molecule has 0 unspecified atom stereocenters. The summed E-state index contributed by atoms with van der Waals surface area (Å²) in [4.78, 5) is 32.0. The predicted molar refractivity (Wildman–Crippen MR) is 242 cm³/mol. The van der Waals surface area contributed by atoms with E-state index in [1.165, 1.54) is 45.2 Å². The first-order valence-corrected chi connectivity index (χ1v) is 25.3. The molecule has 4 heterocycles. The minimum Gasteiger partial charge on any atom is -0.506 e. The molecular formula is C46H58N4O6S2Si. The molecule has 7 rings (SSSR count). The van der Waals surface area contributed by atoms with E-state index in [2.05, 4.69) is 91.1 Å². The van der Waals surface area contributed by atoms with Crippen molar-refractivity contribution < 1.29 is 24.2 Å². The van der Waals surface area contributed by atoms with Gasteiger partial charge in [-0.3, -0.25) is 4.79 Å². The molecule has 13 heteroatoms. The zero-order valence-corrected chi connectivity index (χ0v) is 37.6. The Morgan fingerprint density at radius 3 is 2.37 bits per heavy atom. The van der Waals surface area contributed by atoms with Crippen molar-refractivity contribution in [2.45, 2.75) is 108 Å². The molecule has 1 atom stereocenters. The molecule has 0 aliphatic heterocycles. The third-order valence-corrected chi connectivity index (χ3v) is 18.9. The van der Waals surface area contributed by atoms with Crippen molar-refractivity contribution in [1.82, 2.24) is 19.8 Å². The number of phenolic OH excluding ortho intramolecular Hbond substituents is 1. The van der Waals surface area contributed by atoms with Gasteiger partial charge in [-0.15, -0.1) is 22.7 Å². The number of hydrogen-bond donors (Lipinski definition) is 4. The molecule has 0 bridgehead atoms. The fraction of sp³-hybridized carbons (Fsp3) is 0.435. The van der Waals surface area contributed by atoms with E-state index in [4.69, 9.17) is 9.16 Å². The van der Waals surface area contributed by atoms with Crippen molar-refractivity contribution >= 4 is 58.8 Å². The number of phenols is 1. The molecular weight excluding hydrogens is 797 g/mol. The van der Waals surface area contributed by atoms with Crippen molar-refractivity contribution in [3.8, 4) is 5.75 Å². The first kappa shape index (κ1) is 43.0. The number of thiophene rings is 2. The van der Waals surface area contributed by atoms with Crippen LogP contribution in [-0.4, -0.2) is 71.2 Å². The molecule has 4 aromatic heterocycles. The minimum absolute atomic E-state index is 0.00265. The van der Waals surface area contributed by atoms with E-state index in [0.717, 1.165) is 56.1 Å². The van der Waals surface area contributed by atoms with Gasteiger partial charge in [0.15, 0.2) is 8.32 Å². The number of aromatic nitrogens is 2. The quantitative estimate of drug-likeness (QED) is 0.0561. The molecule has 0 radical (unpaired) electrons. The average molecular weight is 855 g/mol. The number of aromatic hydroxyl groups is 1. The number of aliphatic hydroxyl groups is 1. The van der Waals surface area contributed by atoms with Crippen LogP contribution in [0, 0.1) is 0 Å². The monoisotopic (exact) mass is 854 g/mol. The van der Waals surface area contributed by atoms with Crippen molar-refractivity contribution in [3.05, 3.63) is 121 Å². The topological polar surface area (TPSA) is 129 Å². The van der Waals surface area contributed by atoms with Crippen LogP contribution in [0.3, 0.4) is 0 Å². The van der Waals surface area contributed by atoms with E-state index in [-0.39, 0.29) is 28.6 Å². The number of ether oxygens (including phenoxy) is 1. The highest BCUT2D eigenvalue weighted by atomic mass is 32.1. The number of aromatic amines is 1. The molecule has 0 amide bonds. The van der Waals surface area contributed by atoms with Crippen molar-refractivity contribution in [2.75, 3.05) is 20.1 Å². The highest BCUT2D eigenvalue weighted by Gasteiger charge is 2.45. The lowest BCUT2D eigenvalue weighted by atomic mass is 9.91. The van der Waals surface area contributed by atoms with Crippen LogP contribution >= 0.6 is 22.7 Å². The lowest BCUT2D eigenvalue weighted by Gasteiger charge is -2.39. The second-order valence-corrected chi connectivity index (χ2v) is 24.2. The number of H-pyrrole nitrogens is 1. The van der Waals surface area contributed by atoms with Crippen LogP contribution in [0.25, 0.3) is 21.8 Å². The molecule has 1 fully saturated rings. The zero-order chi connectivity index (χ0) is 42.0. The van der Waals surface area contributed by atoms with E-state index >= 15 is 0 Å². The van der Waals surface area contributed by atoms with E-state index in [1.54, 1.807) is 24.3 Å². The number of carbonyl (C=O) groups is 1. The third-order valence-electron chi connectivity index (χ3n) is 12.5. The predicted octanol–water partition coefficient (Wildman–Crippen LogP) is 9.28. The molecule has 314 valence electrons. The summed E-state index contributed by atoms with van der Waals surface area (Å²) in [6, 6.07) is 23.4. The minimum atomic E-state index is -2.19. The Labute approximate surface area is 355 Å². The average Bonchev–Trinajstić information content (AvgIpc) is 4.02. The number of nitrogens with zero attached hydrogens (tertiary/aromatic N) is 2. The number of nitrogens with one attached hydrogen (secondary N) is 2. The van der Waals surface area contributed by atoms with Gasteiger partial charge in [0.1, 0.15) is 11.9 Å². The fourth-order valence-corrected chi connectivity index (χ4v) is 11.0. The molecule has 59 heavy (non-hydrogen) atoms. The zero-order valence-electron chi connectivity index (χ0n) is 35.0. The first-order valence-electron chi connectivity index (χ1n) is 20.7. The Balaban J connectivity index is 0.910. The second-order valence-electron chi connectivity index (χ2n) is 17.5. The van der Waals surface area contributed by atoms with Gasteiger partial charge >= 0.3 is 5.97 Å². The number of hydrogen-bond acceptors (Lipinski definition) is 10. The Morgan fingerprint density at radius 1 is 1.00 bits per heavy atom. The van der Waals surface area contributed by atoms with Gasteiger partial charge < -0.3 is 39.1 Å². The van der Waals surface area contributed by atoms with E-state index in [0.29, 0.717) is 34.4 Å². The summed E-state index contributed by atoms with van der Waals surface area (Å²) in [6.07, 6.45) is 6.18. The lowest BCUT2D eigenvalue weighted by molar-refractivity contribution is -0.169. The van der Waals surface area contributed by atoms with Gasteiger partial charge in [0, 0.05) is 48.8 Å². The van der Waals surface area contributed by atoms with Crippen LogP contribution in [-0.2, 0) is 32.6 Å². The van der Waals surface area contributed by atoms with Crippen LogP contribution in [0.1, 0.15) is 79.9 Å². The molecule has 0 spiro atoms. The molecule has 1 aliphatic carbocycles. The number of benzene rings is 2. The van der Waals surface area contributed by atoms with Crippen molar-refractivity contribution in [2.24, 2.45) is 0 Å².